The Bertz CT molecular complexity index is 1170. The molecular formula is C26H31N3O5S. The molecule has 1 aromatic heterocycles. The number of imide groups is 1. The number of hydrogen-bond acceptors (Lipinski definition) is 7. The Morgan fingerprint density at radius 1 is 1.26 bits per heavy atom. The van der Waals surface area contributed by atoms with Crippen molar-refractivity contribution < 1.29 is 23.9 Å². The molecular weight excluding hydrogens is 466 g/mol. The average Bonchev–Trinajstić information content (AvgIpc) is 3.13. The number of carbonyl (C=O) groups excluding carboxylic acids is 4. The van der Waals surface area contributed by atoms with Crippen LogP contribution in [0.3, 0.4) is 0 Å². The molecule has 1 N–H and O–H groups in total. The van der Waals surface area contributed by atoms with Crippen molar-refractivity contribution in [3.8, 4) is 0 Å². The second kappa shape index (κ2) is 9.97. The monoisotopic (exact) mass is 497 g/mol. The zero-order chi connectivity index (χ0) is 25.3. The van der Waals surface area contributed by atoms with Crippen molar-refractivity contribution in [2.75, 3.05) is 18.8 Å². The van der Waals surface area contributed by atoms with E-state index in [1.807, 2.05) is 24.3 Å². The fourth-order valence-corrected chi connectivity index (χ4v) is 5.42. The van der Waals surface area contributed by atoms with Crippen LogP contribution in [0.4, 0.5) is 4.79 Å². The Morgan fingerprint density at radius 2 is 2.00 bits per heavy atom. The summed E-state index contributed by atoms with van der Waals surface area (Å²) in [5.41, 5.74) is 3.16. The van der Waals surface area contributed by atoms with Gasteiger partial charge in [0.05, 0.1) is 16.8 Å². The van der Waals surface area contributed by atoms with Crippen molar-refractivity contribution in [3.05, 3.63) is 41.1 Å². The molecule has 9 heteroatoms. The summed E-state index contributed by atoms with van der Waals surface area (Å²) in [4.78, 5) is 55.4. The van der Waals surface area contributed by atoms with Crippen LogP contribution in [-0.4, -0.2) is 57.9 Å². The number of fused-ring (bicyclic) bond motifs is 2. The number of pyridine rings is 1. The number of thioether (sulfide) groups is 1. The number of aromatic nitrogens is 1. The quantitative estimate of drug-likeness (QED) is 0.606. The van der Waals surface area contributed by atoms with E-state index in [1.165, 1.54) is 6.92 Å². The van der Waals surface area contributed by atoms with Gasteiger partial charge in [0.15, 0.2) is 6.10 Å². The lowest BCUT2D eigenvalue weighted by molar-refractivity contribution is -0.130. The van der Waals surface area contributed by atoms with E-state index in [0.717, 1.165) is 58.1 Å². The molecule has 1 fully saturated rings. The van der Waals surface area contributed by atoms with Gasteiger partial charge < -0.3 is 10.1 Å². The van der Waals surface area contributed by atoms with E-state index in [4.69, 9.17) is 9.72 Å². The van der Waals surface area contributed by atoms with Crippen molar-refractivity contribution in [1.29, 1.82) is 0 Å². The number of nitrogens with zero attached hydrogens (tertiary/aromatic N) is 2. The summed E-state index contributed by atoms with van der Waals surface area (Å²) in [6, 6.07) is 7.51. The highest BCUT2D eigenvalue weighted by Crippen LogP contribution is 2.39. The van der Waals surface area contributed by atoms with Crippen LogP contribution in [0.15, 0.2) is 24.3 Å². The summed E-state index contributed by atoms with van der Waals surface area (Å²) in [6.45, 7) is 8.34. The molecule has 3 amide bonds. The van der Waals surface area contributed by atoms with E-state index in [9.17, 15) is 19.2 Å². The third-order valence-corrected chi connectivity index (χ3v) is 7.67. The summed E-state index contributed by atoms with van der Waals surface area (Å²) < 4.78 is 5.63. The minimum atomic E-state index is -1.04. The first kappa shape index (κ1) is 25.2. The maximum Gasteiger partial charge on any atom is 0.339 e. The summed E-state index contributed by atoms with van der Waals surface area (Å²) in [7, 11) is 0. The Kier molecular flexibility index (Phi) is 7.17. The van der Waals surface area contributed by atoms with Gasteiger partial charge in [0.2, 0.25) is 5.91 Å². The van der Waals surface area contributed by atoms with Gasteiger partial charge in [-0.25, -0.2) is 4.79 Å². The van der Waals surface area contributed by atoms with Gasteiger partial charge in [0, 0.05) is 24.2 Å². The molecule has 0 saturated carbocycles. The number of nitrogens with one attached hydrogen (secondary N) is 1. The van der Waals surface area contributed by atoms with E-state index in [0.29, 0.717) is 11.5 Å². The topological polar surface area (TPSA) is 106 Å². The lowest BCUT2D eigenvalue weighted by Gasteiger charge is -2.35. The molecule has 2 heterocycles. The molecule has 0 unspecified atom stereocenters. The minimum Gasteiger partial charge on any atom is -0.449 e. The summed E-state index contributed by atoms with van der Waals surface area (Å²) in [5, 5.41) is 3.06. The van der Waals surface area contributed by atoms with E-state index in [2.05, 4.69) is 26.1 Å². The standard InChI is InChI=1S/C26H31N3O5S/c1-15(23(31)27-11-12-29-21(30)14-35-25(29)33)34-24(32)22-17-7-5-6-8-19(17)28-20-10-9-16(13-18(20)22)26(2,3)4/h5-8,15-16H,9-14H2,1-4H3,(H,27,31)/t15-,16+/m1/s1. The highest BCUT2D eigenvalue weighted by atomic mass is 32.2. The SMILES string of the molecule is C[C@@H](OC(=O)c1c2c(nc3ccccc13)CC[C@H](C(C)(C)C)C2)C(=O)NCCN1C(=O)CSC1=O. The number of benzene rings is 1. The van der Waals surface area contributed by atoms with Crippen LogP contribution in [0, 0.1) is 11.3 Å². The molecule has 1 aliphatic heterocycles. The zero-order valence-corrected chi connectivity index (χ0v) is 21.4. The van der Waals surface area contributed by atoms with Gasteiger partial charge in [-0.05, 0) is 49.1 Å². The molecule has 2 aliphatic rings. The van der Waals surface area contributed by atoms with Crippen LogP contribution in [0.2, 0.25) is 0 Å². The summed E-state index contributed by atoms with van der Waals surface area (Å²) >= 11 is 0.948. The van der Waals surface area contributed by atoms with Crippen molar-refractivity contribution in [1.82, 2.24) is 15.2 Å². The van der Waals surface area contributed by atoms with E-state index in [-0.39, 0.29) is 35.4 Å². The molecule has 0 radical (unpaired) electrons. The fraction of sp³-hybridized carbons (Fsp3) is 0.500. The van der Waals surface area contributed by atoms with Crippen LogP contribution in [0.1, 0.15) is 55.7 Å². The van der Waals surface area contributed by atoms with Gasteiger partial charge in [-0.2, -0.15) is 0 Å². The highest BCUT2D eigenvalue weighted by molar-refractivity contribution is 8.14. The van der Waals surface area contributed by atoms with Crippen LogP contribution in [0.25, 0.3) is 10.9 Å². The zero-order valence-electron chi connectivity index (χ0n) is 20.6. The smallest absolute Gasteiger partial charge is 0.339 e. The van der Waals surface area contributed by atoms with Crippen molar-refractivity contribution in [2.24, 2.45) is 11.3 Å². The van der Waals surface area contributed by atoms with E-state index in [1.54, 1.807) is 0 Å². The molecule has 1 aromatic carbocycles. The first-order valence-electron chi connectivity index (χ1n) is 11.9. The molecule has 35 heavy (non-hydrogen) atoms. The van der Waals surface area contributed by atoms with Crippen molar-refractivity contribution >= 4 is 45.7 Å². The summed E-state index contributed by atoms with van der Waals surface area (Å²) in [5.74, 6) is -0.763. The van der Waals surface area contributed by atoms with Crippen LogP contribution >= 0.6 is 11.8 Å². The number of para-hydroxylation sites is 1. The lowest BCUT2D eigenvalue weighted by Crippen LogP contribution is -2.41. The van der Waals surface area contributed by atoms with E-state index < -0.39 is 18.0 Å². The predicted molar refractivity (Wildman–Crippen MR) is 134 cm³/mol. The second-order valence-corrected chi connectivity index (χ2v) is 11.1. The Morgan fingerprint density at radius 3 is 2.69 bits per heavy atom. The summed E-state index contributed by atoms with van der Waals surface area (Å²) in [6.07, 6.45) is 1.50. The largest absolute Gasteiger partial charge is 0.449 e. The average molecular weight is 498 g/mol. The number of aryl methyl sites for hydroxylation is 1. The van der Waals surface area contributed by atoms with Gasteiger partial charge in [0.25, 0.3) is 11.1 Å². The van der Waals surface area contributed by atoms with Gasteiger partial charge in [-0.1, -0.05) is 50.7 Å². The number of amides is 3. The van der Waals surface area contributed by atoms with Gasteiger partial charge >= 0.3 is 5.97 Å². The molecule has 8 nitrogen and oxygen atoms in total. The minimum absolute atomic E-state index is 0.0910. The Hall–Kier alpha value is -2.94. The normalized spacial score (nSPS) is 19.0. The Balaban J connectivity index is 1.50. The number of carbonyl (C=O) groups is 4. The van der Waals surface area contributed by atoms with Crippen LogP contribution in [-0.2, 0) is 27.2 Å². The van der Waals surface area contributed by atoms with Gasteiger partial charge in [-0.15, -0.1) is 0 Å². The first-order valence-corrected chi connectivity index (χ1v) is 12.9. The van der Waals surface area contributed by atoms with Crippen LogP contribution < -0.4 is 5.32 Å². The van der Waals surface area contributed by atoms with Crippen molar-refractivity contribution in [2.45, 2.75) is 53.1 Å². The first-order chi connectivity index (χ1) is 16.6. The van der Waals surface area contributed by atoms with E-state index >= 15 is 0 Å². The number of rotatable bonds is 6. The van der Waals surface area contributed by atoms with Crippen LogP contribution in [0.5, 0.6) is 0 Å². The Labute approximate surface area is 209 Å². The predicted octanol–water partition coefficient (Wildman–Crippen LogP) is 3.74. The molecule has 2 aromatic rings. The lowest BCUT2D eigenvalue weighted by atomic mass is 9.70. The maximum absolute atomic E-state index is 13.4. The maximum atomic E-state index is 13.4. The third kappa shape index (κ3) is 5.34. The van der Waals surface area contributed by atoms with Crippen molar-refractivity contribution in [3.63, 3.8) is 0 Å². The molecule has 4 rings (SSSR count). The van der Waals surface area contributed by atoms with Gasteiger partial charge in [-0.3, -0.25) is 24.3 Å². The molecule has 0 bridgehead atoms. The van der Waals surface area contributed by atoms with Gasteiger partial charge in [0.1, 0.15) is 0 Å². The highest BCUT2D eigenvalue weighted by Gasteiger charge is 2.34. The molecule has 1 saturated heterocycles. The molecule has 0 spiro atoms. The number of hydrogen-bond donors (Lipinski definition) is 1. The molecule has 2 atom stereocenters. The third-order valence-electron chi connectivity index (χ3n) is 6.82. The number of ether oxygens (including phenoxy) is 1. The second-order valence-electron chi connectivity index (χ2n) is 10.2. The molecule has 1 aliphatic carbocycles. The molecule has 186 valence electrons. The number of esters is 1. The fourth-order valence-electron chi connectivity index (χ4n) is 4.67.